The number of ether oxygens (including phenoxy) is 1. The summed E-state index contributed by atoms with van der Waals surface area (Å²) in [4.78, 5) is 0. The summed E-state index contributed by atoms with van der Waals surface area (Å²) >= 11 is 0. The molecule has 1 atom stereocenters. The fourth-order valence-corrected chi connectivity index (χ4v) is 0.806. The van der Waals surface area contributed by atoms with Crippen LogP contribution in [0.3, 0.4) is 0 Å². The minimum Gasteiger partial charge on any atom is -0.505 e. The minimum atomic E-state index is 0.923. The average Bonchev–Trinajstić information content (AvgIpc) is 2.63. The van der Waals surface area contributed by atoms with Gasteiger partial charge in [0.25, 0.3) is 0 Å². The molecule has 0 aromatic carbocycles. The fourth-order valence-electron chi connectivity index (χ4n) is 0.806. The molecule has 1 fully saturated rings. The zero-order valence-electron chi connectivity index (χ0n) is 5.84. The van der Waals surface area contributed by atoms with Gasteiger partial charge in [0.1, 0.15) is 0 Å². The molecule has 1 radical (unpaired) electrons. The Morgan fingerprint density at radius 2 is 2.56 bits per heavy atom. The summed E-state index contributed by atoms with van der Waals surface area (Å²) in [6.07, 6.45) is 9.98. The highest BCUT2D eigenvalue weighted by molar-refractivity contribution is 4.95. The van der Waals surface area contributed by atoms with E-state index in [0.717, 1.165) is 12.3 Å². The van der Waals surface area contributed by atoms with Crippen molar-refractivity contribution >= 4 is 0 Å². The quantitative estimate of drug-likeness (QED) is 0.523. The Labute approximate surface area is 56.7 Å². The van der Waals surface area contributed by atoms with E-state index in [1.54, 1.807) is 13.4 Å². The van der Waals surface area contributed by atoms with E-state index in [-0.39, 0.29) is 0 Å². The van der Waals surface area contributed by atoms with Crippen LogP contribution in [0.15, 0.2) is 12.3 Å². The van der Waals surface area contributed by atoms with Gasteiger partial charge in [0.2, 0.25) is 0 Å². The van der Waals surface area contributed by atoms with Crippen molar-refractivity contribution in [3.8, 4) is 0 Å². The van der Waals surface area contributed by atoms with E-state index in [0.29, 0.717) is 0 Å². The Bertz CT molecular complexity index is 92.7. The monoisotopic (exact) mass is 125 g/mol. The van der Waals surface area contributed by atoms with Gasteiger partial charge in [-0.15, -0.1) is 0 Å². The van der Waals surface area contributed by atoms with E-state index in [4.69, 9.17) is 4.74 Å². The molecule has 1 unspecified atom stereocenters. The Morgan fingerprint density at radius 3 is 3.11 bits per heavy atom. The Hall–Kier alpha value is -0.460. The van der Waals surface area contributed by atoms with Crippen molar-refractivity contribution in [3.05, 3.63) is 18.8 Å². The van der Waals surface area contributed by atoms with Gasteiger partial charge in [0, 0.05) is 0 Å². The molecule has 0 aromatic heterocycles. The number of allylic oxidation sites excluding steroid dienone is 1. The van der Waals surface area contributed by atoms with Crippen LogP contribution in [0.25, 0.3) is 0 Å². The summed E-state index contributed by atoms with van der Waals surface area (Å²) in [6, 6.07) is 0. The average molecular weight is 125 g/mol. The molecule has 0 aromatic rings. The van der Waals surface area contributed by atoms with Gasteiger partial charge in [0.15, 0.2) is 0 Å². The van der Waals surface area contributed by atoms with Gasteiger partial charge in [-0.2, -0.15) is 0 Å². The third-order valence-corrected chi connectivity index (χ3v) is 1.51. The lowest BCUT2D eigenvalue weighted by molar-refractivity contribution is 0.336. The molecular formula is C8H13O. The molecule has 1 rings (SSSR count). The fraction of sp³-hybridized carbons (Fsp3) is 0.625. The molecule has 0 spiro atoms. The first-order valence-corrected chi connectivity index (χ1v) is 3.44. The van der Waals surface area contributed by atoms with E-state index in [1.807, 2.05) is 0 Å². The summed E-state index contributed by atoms with van der Waals surface area (Å²) in [6.45, 7) is 0. The summed E-state index contributed by atoms with van der Waals surface area (Å²) in [5.41, 5.74) is 0. The molecule has 1 saturated carbocycles. The highest BCUT2D eigenvalue weighted by Gasteiger charge is 2.19. The lowest BCUT2D eigenvalue weighted by Gasteiger charge is -1.88. The van der Waals surface area contributed by atoms with Gasteiger partial charge in [-0.1, -0.05) is 0 Å². The second kappa shape index (κ2) is 3.54. The Morgan fingerprint density at radius 1 is 1.78 bits per heavy atom. The zero-order valence-corrected chi connectivity index (χ0v) is 5.84. The van der Waals surface area contributed by atoms with Crippen LogP contribution in [0.4, 0.5) is 0 Å². The number of hydrogen-bond donors (Lipinski definition) is 0. The van der Waals surface area contributed by atoms with Crippen molar-refractivity contribution in [1.29, 1.82) is 0 Å². The van der Waals surface area contributed by atoms with Crippen LogP contribution in [-0.4, -0.2) is 7.11 Å². The van der Waals surface area contributed by atoms with Crippen molar-refractivity contribution < 1.29 is 4.74 Å². The van der Waals surface area contributed by atoms with E-state index < -0.39 is 0 Å². The molecule has 0 heterocycles. The lowest BCUT2D eigenvalue weighted by atomic mass is 10.2. The first-order valence-electron chi connectivity index (χ1n) is 3.44. The number of rotatable bonds is 4. The smallest absolute Gasteiger partial charge is 0.0784 e. The van der Waals surface area contributed by atoms with Crippen molar-refractivity contribution in [2.24, 2.45) is 5.92 Å². The third kappa shape index (κ3) is 3.17. The summed E-state index contributed by atoms with van der Waals surface area (Å²) < 4.78 is 4.75. The molecule has 1 heteroatoms. The zero-order chi connectivity index (χ0) is 6.53. The van der Waals surface area contributed by atoms with E-state index in [9.17, 15) is 0 Å². The maximum Gasteiger partial charge on any atom is 0.0784 e. The summed E-state index contributed by atoms with van der Waals surface area (Å²) in [7, 11) is 1.68. The van der Waals surface area contributed by atoms with Crippen LogP contribution in [0.1, 0.15) is 19.3 Å². The third-order valence-electron chi connectivity index (χ3n) is 1.51. The second-order valence-corrected chi connectivity index (χ2v) is 2.42. The van der Waals surface area contributed by atoms with Gasteiger partial charge in [-0.25, -0.2) is 0 Å². The predicted octanol–water partition coefficient (Wildman–Crippen LogP) is 2.15. The standard InChI is InChI=1S/C8H13O/c1-9-7-3-2-4-8-5-6-8/h3,5,7-8H,2,4,6H2,1H3. The topological polar surface area (TPSA) is 9.23 Å². The van der Waals surface area contributed by atoms with Crippen molar-refractivity contribution in [2.45, 2.75) is 19.3 Å². The molecule has 1 aliphatic rings. The van der Waals surface area contributed by atoms with Crippen LogP contribution in [0.5, 0.6) is 0 Å². The van der Waals surface area contributed by atoms with Crippen molar-refractivity contribution in [2.75, 3.05) is 7.11 Å². The molecule has 0 bridgehead atoms. The molecule has 1 nitrogen and oxygen atoms in total. The normalized spacial score (nSPS) is 18.8. The molecule has 0 saturated heterocycles. The van der Waals surface area contributed by atoms with Crippen LogP contribution < -0.4 is 0 Å². The van der Waals surface area contributed by atoms with Crippen LogP contribution >= 0.6 is 0 Å². The van der Waals surface area contributed by atoms with E-state index >= 15 is 0 Å². The van der Waals surface area contributed by atoms with Gasteiger partial charge < -0.3 is 4.74 Å². The number of hydrogen-bond acceptors (Lipinski definition) is 1. The summed E-state index contributed by atoms with van der Waals surface area (Å²) in [5, 5.41) is 0. The van der Waals surface area contributed by atoms with Crippen LogP contribution in [-0.2, 0) is 4.74 Å². The largest absolute Gasteiger partial charge is 0.505 e. The minimum absolute atomic E-state index is 0.923. The molecule has 51 valence electrons. The molecule has 0 N–H and O–H groups in total. The van der Waals surface area contributed by atoms with Gasteiger partial charge in [0.05, 0.1) is 13.4 Å². The molecular weight excluding hydrogens is 112 g/mol. The van der Waals surface area contributed by atoms with Crippen LogP contribution in [0.2, 0.25) is 0 Å². The van der Waals surface area contributed by atoms with Crippen molar-refractivity contribution in [1.82, 2.24) is 0 Å². The maximum atomic E-state index is 4.75. The first-order chi connectivity index (χ1) is 4.43. The highest BCUT2D eigenvalue weighted by atomic mass is 16.5. The first kappa shape index (κ1) is 6.66. The van der Waals surface area contributed by atoms with Gasteiger partial charge in [-0.05, 0) is 37.7 Å². The molecule has 9 heavy (non-hydrogen) atoms. The SMILES string of the molecule is COC=CCCC1[CH]C1. The van der Waals surface area contributed by atoms with E-state index in [1.165, 1.54) is 12.8 Å². The highest BCUT2D eigenvalue weighted by Crippen LogP contribution is 2.31. The summed E-state index contributed by atoms with van der Waals surface area (Å²) in [5.74, 6) is 0.923. The van der Waals surface area contributed by atoms with E-state index in [2.05, 4.69) is 12.5 Å². The predicted molar refractivity (Wildman–Crippen MR) is 37.8 cm³/mol. The Kier molecular flexibility index (Phi) is 2.62. The maximum absolute atomic E-state index is 4.75. The molecule has 0 aliphatic heterocycles. The van der Waals surface area contributed by atoms with Crippen molar-refractivity contribution in [3.63, 3.8) is 0 Å². The van der Waals surface area contributed by atoms with Gasteiger partial charge >= 0.3 is 0 Å². The number of methoxy groups -OCH3 is 1. The molecule has 0 amide bonds. The van der Waals surface area contributed by atoms with Gasteiger partial charge in [-0.3, -0.25) is 0 Å². The lowest BCUT2D eigenvalue weighted by Crippen LogP contribution is -1.73. The second-order valence-electron chi connectivity index (χ2n) is 2.42. The Balaban J connectivity index is 1.85. The van der Waals surface area contributed by atoms with Crippen LogP contribution in [0, 0.1) is 12.3 Å². The molecule has 1 aliphatic carbocycles.